The number of nitrogens with one attached hydrogen (secondary N) is 2. The minimum Gasteiger partial charge on any atom is -0.364 e. The Morgan fingerprint density at radius 1 is 0.509 bits per heavy atom. The van der Waals surface area contributed by atoms with E-state index in [1.54, 1.807) is 11.8 Å². The third-order valence-electron chi connectivity index (χ3n) is 9.98. The second-order valence-electron chi connectivity index (χ2n) is 13.9. The zero-order valence-electron chi connectivity index (χ0n) is 31.5. The number of H-pyrrole nitrogens is 2. The highest BCUT2D eigenvalue weighted by Gasteiger charge is 2.18. The molecule has 3 aromatic heterocycles. The summed E-state index contributed by atoms with van der Waals surface area (Å²) in [5, 5.41) is 0. The van der Waals surface area contributed by atoms with Crippen molar-refractivity contribution in [1.82, 2.24) is 24.8 Å². The summed E-state index contributed by atoms with van der Waals surface area (Å²) < 4.78 is 0.824. The van der Waals surface area contributed by atoms with Gasteiger partial charge in [-0.1, -0.05) is 139 Å². The third-order valence-corrected chi connectivity index (χ3v) is 11.6. The molecule has 7 heteroatoms. The monoisotopic (exact) mass is 771 g/mol. The Morgan fingerprint density at radius 3 is 1.21 bits per heavy atom. The van der Waals surface area contributed by atoms with E-state index in [2.05, 4.69) is 167 Å². The quantitative estimate of drug-likeness (QED) is 0.135. The maximum Gasteiger partial charge on any atom is 0.136 e. The van der Waals surface area contributed by atoms with Crippen molar-refractivity contribution in [2.45, 2.75) is 0 Å². The maximum atomic E-state index is 5.42. The predicted molar refractivity (Wildman–Crippen MR) is 246 cm³/mol. The van der Waals surface area contributed by atoms with Crippen LogP contribution in [-0.2, 0) is 0 Å². The molecule has 0 unspecified atom stereocenters. The van der Waals surface area contributed by atoms with Crippen molar-refractivity contribution in [3.05, 3.63) is 168 Å². The zero-order valence-corrected chi connectivity index (χ0v) is 33.1. The summed E-state index contributed by atoms with van der Waals surface area (Å²) in [6.07, 6.45) is 8.52. The molecule has 7 aromatic rings. The van der Waals surface area contributed by atoms with Gasteiger partial charge in [-0.2, -0.15) is 0 Å². The van der Waals surface area contributed by atoms with Gasteiger partial charge < -0.3 is 14.9 Å². The highest BCUT2D eigenvalue weighted by molar-refractivity contribution is 8.23. The first-order valence-electron chi connectivity index (χ1n) is 18.8. The number of hydrogen-bond donors (Lipinski definition) is 2. The average Bonchev–Trinajstić information content (AvgIpc) is 4.09. The number of aromatic nitrogens is 4. The normalized spacial score (nSPS) is 11.6. The Bertz CT molecular complexity index is 2890. The van der Waals surface area contributed by atoms with Crippen LogP contribution in [0.1, 0.15) is 28.3 Å². The standard InChI is InChI=1S/C50H37N5S2/c1-55(2)50(56)57-32-12-13-33-20-22-37(23-21-33)49-44-30-28-42(53-44)47(35-16-8-4-9-17-35)40-26-24-38(51-40)46(34-14-6-3-7-15-34)39-25-27-41(52-39)48(36-18-10-5-11-19-36)43-29-31-45(49)54-43/h3-11,14-31,51,54H,32H2,1-2H3. The Labute approximate surface area is 341 Å². The minimum atomic E-state index is 0.635. The van der Waals surface area contributed by atoms with Crippen molar-refractivity contribution in [2.75, 3.05) is 19.8 Å². The van der Waals surface area contributed by atoms with Crippen LogP contribution in [0.4, 0.5) is 0 Å². The molecule has 0 amide bonds. The van der Waals surface area contributed by atoms with Crippen LogP contribution < -0.4 is 0 Å². The second-order valence-corrected chi connectivity index (χ2v) is 15.5. The number of thioether (sulfide) groups is 1. The molecule has 8 bridgehead atoms. The topological polar surface area (TPSA) is 60.6 Å². The van der Waals surface area contributed by atoms with Crippen LogP contribution in [0.5, 0.6) is 0 Å². The number of rotatable bonds is 5. The summed E-state index contributed by atoms with van der Waals surface area (Å²) >= 11 is 6.98. The predicted octanol–water partition coefficient (Wildman–Crippen LogP) is 12.3. The van der Waals surface area contributed by atoms with Gasteiger partial charge in [0, 0.05) is 64.0 Å². The Hall–Kier alpha value is -6.72. The maximum absolute atomic E-state index is 5.42. The summed E-state index contributed by atoms with van der Waals surface area (Å²) in [7, 11) is 3.91. The van der Waals surface area contributed by atoms with Gasteiger partial charge in [-0.25, -0.2) is 9.97 Å². The van der Waals surface area contributed by atoms with Gasteiger partial charge in [0.25, 0.3) is 0 Å². The van der Waals surface area contributed by atoms with E-state index < -0.39 is 0 Å². The molecule has 2 aliphatic heterocycles. The van der Waals surface area contributed by atoms with Gasteiger partial charge in [0.05, 0.1) is 28.5 Å². The van der Waals surface area contributed by atoms with E-state index in [9.17, 15) is 0 Å². The first-order valence-corrected chi connectivity index (χ1v) is 20.2. The lowest BCUT2D eigenvalue weighted by Gasteiger charge is -2.10. The van der Waals surface area contributed by atoms with Crippen molar-refractivity contribution in [3.63, 3.8) is 0 Å². The molecule has 5 nitrogen and oxygen atoms in total. The molecule has 57 heavy (non-hydrogen) atoms. The number of thiocarbonyl (C=S) groups is 1. The minimum absolute atomic E-state index is 0.635. The molecule has 0 fully saturated rings. The molecule has 0 atom stereocenters. The first-order chi connectivity index (χ1) is 28.0. The van der Waals surface area contributed by atoms with Crippen LogP contribution in [0, 0.1) is 11.8 Å². The fourth-order valence-electron chi connectivity index (χ4n) is 7.32. The molecule has 2 N–H and O–H groups in total. The highest BCUT2D eigenvalue weighted by atomic mass is 32.2. The van der Waals surface area contributed by atoms with Crippen LogP contribution in [0.3, 0.4) is 0 Å². The molecule has 0 saturated carbocycles. The molecular weight excluding hydrogens is 735 g/mol. The van der Waals surface area contributed by atoms with E-state index in [4.69, 9.17) is 22.2 Å². The van der Waals surface area contributed by atoms with E-state index in [0.29, 0.717) is 5.75 Å². The lowest BCUT2D eigenvalue weighted by atomic mass is 10.0. The molecule has 0 radical (unpaired) electrons. The van der Waals surface area contributed by atoms with E-state index in [0.717, 1.165) is 99.2 Å². The number of fused-ring (bicyclic) bond motifs is 8. The van der Waals surface area contributed by atoms with Gasteiger partial charge in [-0.3, -0.25) is 0 Å². The Balaban J connectivity index is 1.33. The van der Waals surface area contributed by atoms with Gasteiger partial charge in [-0.15, -0.1) is 0 Å². The Morgan fingerprint density at radius 2 is 0.860 bits per heavy atom. The number of hydrogen-bond acceptors (Lipinski definition) is 4. The summed E-state index contributed by atoms with van der Waals surface area (Å²) in [6.45, 7) is 0. The van der Waals surface area contributed by atoms with Gasteiger partial charge in [0.2, 0.25) is 0 Å². The number of aromatic amines is 2. The van der Waals surface area contributed by atoms with Crippen molar-refractivity contribution >= 4 is 74.7 Å². The average molecular weight is 772 g/mol. The molecule has 2 aliphatic rings. The fourth-order valence-corrected chi connectivity index (χ4v) is 8.02. The van der Waals surface area contributed by atoms with Crippen LogP contribution in [0.15, 0.2) is 140 Å². The van der Waals surface area contributed by atoms with Gasteiger partial charge in [0.1, 0.15) is 4.32 Å². The van der Waals surface area contributed by atoms with Gasteiger partial charge in [-0.05, 0) is 83.0 Å². The van der Waals surface area contributed by atoms with Crippen LogP contribution in [-0.4, -0.2) is 49.0 Å². The van der Waals surface area contributed by atoms with E-state index in [1.807, 2.05) is 37.2 Å². The summed E-state index contributed by atoms with van der Waals surface area (Å²) in [6, 6.07) is 48.5. The van der Waals surface area contributed by atoms with E-state index in [-0.39, 0.29) is 0 Å². The zero-order chi connectivity index (χ0) is 38.7. The summed E-state index contributed by atoms with van der Waals surface area (Å²) in [4.78, 5) is 20.4. The largest absolute Gasteiger partial charge is 0.364 e. The molecule has 0 saturated heterocycles. The summed E-state index contributed by atoms with van der Waals surface area (Å²) in [5.74, 6) is 7.21. The van der Waals surface area contributed by atoms with Crippen LogP contribution in [0.2, 0.25) is 0 Å². The van der Waals surface area contributed by atoms with Crippen molar-refractivity contribution in [1.29, 1.82) is 0 Å². The molecule has 5 heterocycles. The molecule has 9 rings (SSSR count). The number of nitrogens with zero attached hydrogens (tertiary/aromatic N) is 3. The van der Waals surface area contributed by atoms with Crippen LogP contribution >= 0.6 is 24.0 Å². The lowest BCUT2D eigenvalue weighted by molar-refractivity contribution is 0.648. The SMILES string of the molecule is CN(C)C(=S)SCC#Cc1ccc(-c2c3nc(c(-c4ccccc4)c4ccc([nH]4)c(-c4ccccc4)c4nc(c(-c5ccccc5)c5ccc2[nH]5)C=C4)C=C3)cc1. The van der Waals surface area contributed by atoms with Gasteiger partial charge in [0.15, 0.2) is 0 Å². The fraction of sp³-hybridized carbons (Fsp3) is 0.0600. The Kier molecular flexibility index (Phi) is 9.96. The molecular formula is C50H37N5S2. The smallest absolute Gasteiger partial charge is 0.136 e. The van der Waals surface area contributed by atoms with E-state index in [1.165, 1.54) is 0 Å². The molecule has 4 aromatic carbocycles. The second kappa shape index (κ2) is 15.8. The highest BCUT2D eigenvalue weighted by Crippen LogP contribution is 2.38. The van der Waals surface area contributed by atoms with Crippen molar-refractivity contribution in [3.8, 4) is 56.3 Å². The summed E-state index contributed by atoms with van der Waals surface area (Å²) in [5.41, 5.74) is 16.7. The molecule has 0 aliphatic carbocycles. The number of benzene rings is 4. The molecule has 0 spiro atoms. The first kappa shape index (κ1) is 35.9. The van der Waals surface area contributed by atoms with Crippen molar-refractivity contribution < 1.29 is 0 Å². The van der Waals surface area contributed by atoms with Crippen molar-refractivity contribution in [2.24, 2.45) is 0 Å². The molecule has 274 valence electrons. The van der Waals surface area contributed by atoms with Gasteiger partial charge >= 0.3 is 0 Å². The van der Waals surface area contributed by atoms with E-state index >= 15 is 0 Å². The van der Waals surface area contributed by atoms with Crippen LogP contribution in [0.25, 0.3) is 90.9 Å². The lowest BCUT2D eigenvalue weighted by Crippen LogP contribution is -2.16. The third kappa shape index (κ3) is 7.37.